The van der Waals surface area contributed by atoms with Gasteiger partial charge < -0.3 is 10.0 Å². The van der Waals surface area contributed by atoms with Crippen molar-refractivity contribution in [2.45, 2.75) is 18.9 Å². The van der Waals surface area contributed by atoms with Gasteiger partial charge in [-0.2, -0.15) is 5.10 Å². The van der Waals surface area contributed by atoms with Gasteiger partial charge in [0.05, 0.1) is 5.60 Å². The summed E-state index contributed by atoms with van der Waals surface area (Å²) in [5.74, 6) is -0.0970. The van der Waals surface area contributed by atoms with E-state index < -0.39 is 5.60 Å². The number of β-amino-alcohol motifs (C(OH)–C–C–N with tert-alkyl or cyclic N) is 1. The van der Waals surface area contributed by atoms with Crippen LogP contribution in [-0.2, 0) is 0 Å². The highest BCUT2D eigenvalue weighted by Crippen LogP contribution is 2.21. The van der Waals surface area contributed by atoms with E-state index in [0.717, 1.165) is 0 Å². The number of aliphatic hydroxyl groups is 1. The maximum Gasteiger partial charge on any atom is 0.271 e. The quantitative estimate of drug-likeness (QED) is 0.663. The Kier molecular flexibility index (Phi) is 2.03. The first-order valence-corrected chi connectivity index (χ1v) is 4.59. The standard InChI is InChI=1S/C9H13N3O2/c1-9(14)3-5-12(6-9)8(13)7-2-4-10-11-7/h2,4,14H,3,5-6H2,1H3,(H,10,11). The Morgan fingerprint density at radius 1 is 1.79 bits per heavy atom. The number of aromatic nitrogens is 2. The van der Waals surface area contributed by atoms with Crippen molar-refractivity contribution in [1.29, 1.82) is 0 Å². The number of nitrogens with one attached hydrogen (secondary N) is 1. The summed E-state index contributed by atoms with van der Waals surface area (Å²) in [5.41, 5.74) is -0.266. The van der Waals surface area contributed by atoms with Gasteiger partial charge in [0.2, 0.25) is 0 Å². The summed E-state index contributed by atoms with van der Waals surface area (Å²) in [5, 5.41) is 16.0. The summed E-state index contributed by atoms with van der Waals surface area (Å²) < 4.78 is 0. The minimum atomic E-state index is -0.740. The number of hydrogen-bond acceptors (Lipinski definition) is 3. The van der Waals surface area contributed by atoms with Crippen LogP contribution in [0.15, 0.2) is 12.3 Å². The van der Waals surface area contributed by atoms with Crippen molar-refractivity contribution in [1.82, 2.24) is 15.1 Å². The molecule has 2 rings (SSSR count). The van der Waals surface area contributed by atoms with Crippen molar-refractivity contribution < 1.29 is 9.90 Å². The normalized spacial score (nSPS) is 26.9. The van der Waals surface area contributed by atoms with Crippen molar-refractivity contribution in [2.24, 2.45) is 0 Å². The third kappa shape index (κ3) is 1.63. The van der Waals surface area contributed by atoms with Crippen molar-refractivity contribution in [2.75, 3.05) is 13.1 Å². The van der Waals surface area contributed by atoms with E-state index in [-0.39, 0.29) is 5.91 Å². The number of hydrogen-bond donors (Lipinski definition) is 2. The van der Waals surface area contributed by atoms with Gasteiger partial charge in [0.1, 0.15) is 5.69 Å². The Balaban J connectivity index is 2.08. The molecule has 1 unspecified atom stereocenters. The average Bonchev–Trinajstić information content (AvgIpc) is 2.72. The minimum absolute atomic E-state index is 0.0970. The van der Waals surface area contributed by atoms with Crippen LogP contribution in [0.1, 0.15) is 23.8 Å². The van der Waals surface area contributed by atoms with Crippen LogP contribution in [0.4, 0.5) is 0 Å². The van der Waals surface area contributed by atoms with Gasteiger partial charge >= 0.3 is 0 Å². The maximum atomic E-state index is 11.7. The van der Waals surface area contributed by atoms with Crippen molar-refractivity contribution in [3.8, 4) is 0 Å². The number of carbonyl (C=O) groups excluding carboxylic acids is 1. The van der Waals surface area contributed by atoms with Crippen LogP contribution in [0.25, 0.3) is 0 Å². The second-order valence-corrected chi connectivity index (χ2v) is 3.94. The lowest BCUT2D eigenvalue weighted by Crippen LogP contribution is -2.34. The molecule has 0 aromatic carbocycles. The highest BCUT2D eigenvalue weighted by Gasteiger charge is 2.34. The number of rotatable bonds is 1. The first-order valence-electron chi connectivity index (χ1n) is 4.59. The molecule has 0 radical (unpaired) electrons. The van der Waals surface area contributed by atoms with Gasteiger partial charge in [-0.05, 0) is 19.4 Å². The predicted octanol–water partition coefficient (Wildman–Crippen LogP) is 0.00660. The number of carbonyl (C=O) groups is 1. The molecule has 1 fully saturated rings. The molecule has 0 aliphatic carbocycles. The molecule has 2 N–H and O–H groups in total. The molecule has 76 valence electrons. The van der Waals surface area contributed by atoms with Gasteiger partial charge in [0.15, 0.2) is 0 Å². The number of amides is 1. The molecular formula is C9H13N3O2. The van der Waals surface area contributed by atoms with E-state index in [2.05, 4.69) is 10.2 Å². The number of nitrogens with zero attached hydrogens (tertiary/aromatic N) is 2. The number of likely N-dealkylation sites (tertiary alicyclic amines) is 1. The fourth-order valence-electron chi connectivity index (χ4n) is 1.66. The maximum absolute atomic E-state index is 11.7. The fraction of sp³-hybridized carbons (Fsp3) is 0.556. The zero-order chi connectivity index (χ0) is 10.2. The van der Waals surface area contributed by atoms with E-state index in [9.17, 15) is 9.90 Å². The number of H-pyrrole nitrogens is 1. The highest BCUT2D eigenvalue weighted by molar-refractivity contribution is 5.92. The molecule has 0 spiro atoms. The molecule has 1 amide bonds. The molecule has 1 aliphatic rings. The molecule has 2 heterocycles. The Morgan fingerprint density at radius 3 is 3.07 bits per heavy atom. The van der Waals surface area contributed by atoms with Gasteiger partial charge in [0.25, 0.3) is 5.91 Å². The first-order chi connectivity index (χ1) is 6.58. The molecule has 1 atom stereocenters. The predicted molar refractivity (Wildman–Crippen MR) is 49.7 cm³/mol. The lowest BCUT2D eigenvalue weighted by atomic mass is 10.1. The largest absolute Gasteiger partial charge is 0.388 e. The molecule has 1 aromatic heterocycles. The van der Waals surface area contributed by atoms with Gasteiger partial charge in [-0.3, -0.25) is 9.89 Å². The average molecular weight is 195 g/mol. The topological polar surface area (TPSA) is 69.2 Å². The monoisotopic (exact) mass is 195 g/mol. The van der Waals surface area contributed by atoms with Crippen LogP contribution >= 0.6 is 0 Å². The second-order valence-electron chi connectivity index (χ2n) is 3.94. The third-order valence-electron chi connectivity index (χ3n) is 2.47. The van der Waals surface area contributed by atoms with Gasteiger partial charge in [-0.15, -0.1) is 0 Å². The summed E-state index contributed by atoms with van der Waals surface area (Å²) in [4.78, 5) is 13.4. The molecule has 5 nitrogen and oxygen atoms in total. The molecule has 5 heteroatoms. The summed E-state index contributed by atoms with van der Waals surface area (Å²) in [6, 6.07) is 1.63. The summed E-state index contributed by atoms with van der Waals surface area (Å²) in [6.07, 6.45) is 2.17. The first kappa shape index (κ1) is 9.21. The van der Waals surface area contributed by atoms with Crippen LogP contribution in [0.2, 0.25) is 0 Å². The van der Waals surface area contributed by atoms with Crippen molar-refractivity contribution in [3.05, 3.63) is 18.0 Å². The van der Waals surface area contributed by atoms with Crippen molar-refractivity contribution in [3.63, 3.8) is 0 Å². The second kappa shape index (κ2) is 3.09. The van der Waals surface area contributed by atoms with Gasteiger partial charge in [-0.25, -0.2) is 0 Å². The zero-order valence-electron chi connectivity index (χ0n) is 8.03. The van der Waals surface area contributed by atoms with Crippen LogP contribution in [0.3, 0.4) is 0 Å². The molecule has 0 bridgehead atoms. The Bertz CT molecular complexity index is 332. The summed E-state index contributed by atoms with van der Waals surface area (Å²) in [6.45, 7) is 2.74. The lowest BCUT2D eigenvalue weighted by molar-refractivity contribution is 0.0569. The highest BCUT2D eigenvalue weighted by atomic mass is 16.3. The molecule has 1 aromatic rings. The number of aromatic amines is 1. The van der Waals surface area contributed by atoms with Gasteiger partial charge in [-0.1, -0.05) is 0 Å². The molecule has 1 saturated heterocycles. The Labute approximate surface area is 81.7 Å². The zero-order valence-corrected chi connectivity index (χ0v) is 8.03. The van der Waals surface area contributed by atoms with E-state index in [1.54, 1.807) is 24.1 Å². The fourth-order valence-corrected chi connectivity index (χ4v) is 1.66. The minimum Gasteiger partial charge on any atom is -0.388 e. The molecule has 0 saturated carbocycles. The molecule has 1 aliphatic heterocycles. The van der Waals surface area contributed by atoms with Crippen LogP contribution in [0.5, 0.6) is 0 Å². The molecular weight excluding hydrogens is 182 g/mol. The molecule has 14 heavy (non-hydrogen) atoms. The van der Waals surface area contributed by atoms with E-state index >= 15 is 0 Å². The summed E-state index contributed by atoms with van der Waals surface area (Å²) >= 11 is 0. The van der Waals surface area contributed by atoms with Crippen LogP contribution < -0.4 is 0 Å². The van der Waals surface area contributed by atoms with Crippen LogP contribution in [-0.4, -0.2) is 44.8 Å². The smallest absolute Gasteiger partial charge is 0.271 e. The van der Waals surface area contributed by atoms with Gasteiger partial charge in [0, 0.05) is 19.3 Å². The van der Waals surface area contributed by atoms with E-state index in [1.165, 1.54) is 0 Å². The summed E-state index contributed by atoms with van der Waals surface area (Å²) in [7, 11) is 0. The lowest BCUT2D eigenvalue weighted by Gasteiger charge is -2.18. The SMILES string of the molecule is CC1(O)CCN(C(=O)c2ccn[nH]2)C1. The Hall–Kier alpha value is -1.36. The van der Waals surface area contributed by atoms with Crippen molar-refractivity contribution >= 4 is 5.91 Å². The van der Waals surface area contributed by atoms with E-state index in [0.29, 0.717) is 25.2 Å². The van der Waals surface area contributed by atoms with E-state index in [4.69, 9.17) is 0 Å². The van der Waals surface area contributed by atoms with E-state index in [1.807, 2.05) is 0 Å². The third-order valence-corrected chi connectivity index (χ3v) is 2.47. The van der Waals surface area contributed by atoms with Crippen LogP contribution in [0, 0.1) is 0 Å². The Morgan fingerprint density at radius 2 is 2.57 bits per heavy atom.